The van der Waals surface area contributed by atoms with Crippen molar-refractivity contribution in [1.82, 2.24) is 5.32 Å². The molecule has 0 fully saturated rings. The predicted octanol–water partition coefficient (Wildman–Crippen LogP) is 4.69. The molecule has 0 aliphatic carbocycles. The van der Waals surface area contributed by atoms with Crippen LogP contribution in [0.2, 0.25) is 10.0 Å². The zero-order chi connectivity index (χ0) is 14.9. The topological polar surface area (TPSA) is 42.2 Å². The van der Waals surface area contributed by atoms with Gasteiger partial charge in [-0.15, -0.1) is 0 Å². The number of hydrogen-bond acceptors (Lipinski definition) is 2. The van der Waals surface area contributed by atoms with Crippen molar-refractivity contribution in [2.24, 2.45) is 0 Å². The molecule has 0 saturated carbocycles. The van der Waals surface area contributed by atoms with Crippen LogP contribution in [0.3, 0.4) is 0 Å². The van der Waals surface area contributed by atoms with E-state index in [4.69, 9.17) is 27.6 Å². The summed E-state index contributed by atoms with van der Waals surface area (Å²) in [5.41, 5.74) is 1.36. The van der Waals surface area contributed by atoms with E-state index in [1.807, 2.05) is 19.9 Å². The van der Waals surface area contributed by atoms with Gasteiger partial charge in [-0.2, -0.15) is 0 Å². The molecule has 0 radical (unpaired) electrons. The Morgan fingerprint density at radius 3 is 2.50 bits per heavy atom. The van der Waals surface area contributed by atoms with Crippen molar-refractivity contribution in [2.75, 3.05) is 0 Å². The van der Waals surface area contributed by atoms with Crippen LogP contribution in [0.25, 0.3) is 0 Å². The summed E-state index contributed by atoms with van der Waals surface area (Å²) in [6, 6.07) is 6.72. The number of furan rings is 1. The van der Waals surface area contributed by atoms with Crippen LogP contribution in [0.4, 0.5) is 0 Å². The molecule has 0 saturated heterocycles. The van der Waals surface area contributed by atoms with Gasteiger partial charge in [0.1, 0.15) is 11.5 Å². The van der Waals surface area contributed by atoms with Crippen LogP contribution in [-0.4, -0.2) is 5.91 Å². The molecule has 1 aromatic carbocycles. The molecule has 3 nitrogen and oxygen atoms in total. The summed E-state index contributed by atoms with van der Waals surface area (Å²) in [4.78, 5) is 12.2. The smallest absolute Gasteiger partial charge is 0.255 e. The van der Waals surface area contributed by atoms with Gasteiger partial charge >= 0.3 is 0 Å². The Bertz CT molecular complexity index is 649. The molecule has 1 amide bonds. The van der Waals surface area contributed by atoms with Crippen molar-refractivity contribution < 1.29 is 9.21 Å². The molecule has 1 heterocycles. The second-order valence-corrected chi connectivity index (χ2v) is 5.53. The van der Waals surface area contributed by atoms with Crippen LogP contribution in [0.15, 0.2) is 28.7 Å². The van der Waals surface area contributed by atoms with Gasteiger partial charge in [-0.1, -0.05) is 29.3 Å². The monoisotopic (exact) mass is 311 g/mol. The fourth-order valence-corrected chi connectivity index (χ4v) is 2.63. The summed E-state index contributed by atoms with van der Waals surface area (Å²) >= 11 is 12.0. The van der Waals surface area contributed by atoms with E-state index in [-0.39, 0.29) is 11.9 Å². The van der Waals surface area contributed by atoms with Crippen LogP contribution in [0.5, 0.6) is 0 Å². The molecule has 0 spiro atoms. The normalized spacial score (nSPS) is 12.2. The van der Waals surface area contributed by atoms with E-state index in [1.165, 1.54) is 0 Å². The Labute approximate surface area is 127 Å². The van der Waals surface area contributed by atoms with Gasteiger partial charge in [0.15, 0.2) is 0 Å². The van der Waals surface area contributed by atoms with Gasteiger partial charge in [-0.25, -0.2) is 0 Å². The highest BCUT2D eigenvalue weighted by Crippen LogP contribution is 2.26. The van der Waals surface area contributed by atoms with E-state index < -0.39 is 0 Å². The molecule has 106 valence electrons. The fourth-order valence-electron chi connectivity index (χ4n) is 2.06. The van der Waals surface area contributed by atoms with Crippen molar-refractivity contribution in [2.45, 2.75) is 26.8 Å². The van der Waals surface area contributed by atoms with E-state index in [2.05, 4.69) is 5.32 Å². The number of rotatable bonds is 3. The highest BCUT2D eigenvalue weighted by atomic mass is 35.5. The Balaban J connectivity index is 2.17. The minimum atomic E-state index is -0.220. The fraction of sp³-hybridized carbons (Fsp3) is 0.267. The highest BCUT2D eigenvalue weighted by Gasteiger charge is 2.17. The summed E-state index contributed by atoms with van der Waals surface area (Å²) in [7, 11) is 0. The second-order valence-electron chi connectivity index (χ2n) is 4.69. The number of halogens is 2. The Morgan fingerprint density at radius 1 is 1.25 bits per heavy atom. The Hall–Kier alpha value is -1.45. The van der Waals surface area contributed by atoms with E-state index >= 15 is 0 Å². The Kier molecular flexibility index (Phi) is 4.41. The van der Waals surface area contributed by atoms with E-state index in [1.54, 1.807) is 25.1 Å². The molecule has 2 aromatic rings. The molecular weight excluding hydrogens is 297 g/mol. The van der Waals surface area contributed by atoms with Crippen molar-refractivity contribution in [3.05, 3.63) is 57.0 Å². The first-order valence-electron chi connectivity index (χ1n) is 6.21. The number of aryl methyl sites for hydroxylation is 2. The third-order valence-electron chi connectivity index (χ3n) is 3.06. The maximum Gasteiger partial charge on any atom is 0.255 e. The molecule has 0 aliphatic heterocycles. The minimum Gasteiger partial charge on any atom is -0.466 e. The number of carbonyl (C=O) groups is 1. The molecule has 5 heteroatoms. The molecule has 0 bridgehead atoms. The van der Waals surface area contributed by atoms with Gasteiger partial charge in [0, 0.05) is 10.0 Å². The lowest BCUT2D eigenvalue weighted by Crippen LogP contribution is -2.27. The molecule has 1 unspecified atom stereocenters. The van der Waals surface area contributed by atoms with Crippen LogP contribution in [-0.2, 0) is 0 Å². The van der Waals surface area contributed by atoms with Crippen molar-refractivity contribution in [3.8, 4) is 0 Å². The van der Waals surface area contributed by atoms with E-state index in [0.29, 0.717) is 27.1 Å². The van der Waals surface area contributed by atoms with Crippen molar-refractivity contribution in [1.29, 1.82) is 0 Å². The molecule has 2 rings (SSSR count). The van der Waals surface area contributed by atoms with Gasteiger partial charge in [0.05, 0.1) is 11.6 Å². The summed E-state index contributed by atoms with van der Waals surface area (Å²) in [6.07, 6.45) is 0. The van der Waals surface area contributed by atoms with Crippen LogP contribution < -0.4 is 5.32 Å². The first-order valence-corrected chi connectivity index (χ1v) is 6.97. The van der Waals surface area contributed by atoms with E-state index in [9.17, 15) is 4.79 Å². The zero-order valence-electron chi connectivity index (χ0n) is 11.5. The van der Waals surface area contributed by atoms with Crippen molar-refractivity contribution >= 4 is 29.1 Å². The highest BCUT2D eigenvalue weighted by molar-refractivity contribution is 6.35. The quantitative estimate of drug-likeness (QED) is 0.893. The van der Waals surface area contributed by atoms with E-state index in [0.717, 1.165) is 5.56 Å². The molecule has 20 heavy (non-hydrogen) atoms. The van der Waals surface area contributed by atoms with Gasteiger partial charge in [0.2, 0.25) is 0 Å². The van der Waals surface area contributed by atoms with Crippen LogP contribution >= 0.6 is 23.2 Å². The lowest BCUT2D eigenvalue weighted by Gasteiger charge is -2.15. The van der Waals surface area contributed by atoms with Gasteiger partial charge in [-0.05, 0) is 44.5 Å². The number of hydrogen-bond donors (Lipinski definition) is 1. The summed E-state index contributed by atoms with van der Waals surface area (Å²) < 4.78 is 5.36. The largest absolute Gasteiger partial charge is 0.466 e. The molecule has 1 N–H and O–H groups in total. The average Bonchev–Trinajstić information content (AvgIpc) is 2.68. The Morgan fingerprint density at radius 2 is 1.95 bits per heavy atom. The molecule has 0 aliphatic rings. The molecule has 1 atom stereocenters. The summed E-state index contributed by atoms with van der Waals surface area (Å²) in [5.74, 6) is 1.14. The van der Waals surface area contributed by atoms with Crippen LogP contribution in [0.1, 0.15) is 40.4 Å². The van der Waals surface area contributed by atoms with Gasteiger partial charge in [0.25, 0.3) is 5.91 Å². The number of carbonyl (C=O) groups excluding carboxylic acids is 1. The first kappa shape index (κ1) is 14.9. The molecular formula is C15H15Cl2NO2. The SMILES string of the molecule is Cc1cc(C(=O)NC(C)c2ccc(Cl)cc2Cl)c(C)o1. The summed E-state index contributed by atoms with van der Waals surface area (Å²) in [5, 5.41) is 4.00. The predicted molar refractivity (Wildman–Crippen MR) is 80.5 cm³/mol. The average molecular weight is 312 g/mol. The number of nitrogens with one attached hydrogen (secondary N) is 1. The first-order chi connectivity index (χ1) is 9.38. The zero-order valence-corrected chi connectivity index (χ0v) is 13.0. The lowest BCUT2D eigenvalue weighted by atomic mass is 10.1. The third-order valence-corrected chi connectivity index (χ3v) is 3.62. The minimum absolute atomic E-state index is 0.183. The second kappa shape index (κ2) is 5.90. The molecule has 1 aromatic heterocycles. The number of benzene rings is 1. The number of amides is 1. The van der Waals surface area contributed by atoms with Crippen molar-refractivity contribution in [3.63, 3.8) is 0 Å². The maximum atomic E-state index is 12.2. The standard InChI is InChI=1S/C15H15Cl2NO2/c1-8-6-13(10(3)20-8)15(19)18-9(2)12-5-4-11(16)7-14(12)17/h4-7,9H,1-3H3,(H,18,19). The third kappa shape index (κ3) is 3.17. The lowest BCUT2D eigenvalue weighted by molar-refractivity contribution is 0.0938. The van der Waals surface area contributed by atoms with Crippen LogP contribution in [0, 0.1) is 13.8 Å². The summed E-state index contributed by atoms with van der Waals surface area (Å²) in [6.45, 7) is 5.44. The maximum absolute atomic E-state index is 12.2. The van der Waals surface area contributed by atoms with Gasteiger partial charge in [-0.3, -0.25) is 4.79 Å². The van der Waals surface area contributed by atoms with Gasteiger partial charge < -0.3 is 9.73 Å².